The van der Waals surface area contributed by atoms with Gasteiger partial charge in [0.2, 0.25) is 0 Å². The SMILES string of the molecule is CC/C(=C\c1cncs1)CCl. The number of hydrogen-bond acceptors (Lipinski definition) is 2. The smallest absolute Gasteiger partial charge is 0.0797 e. The number of hydrogen-bond donors (Lipinski definition) is 0. The Morgan fingerprint density at radius 2 is 2.64 bits per heavy atom. The Kier molecular flexibility index (Phi) is 3.60. The molecule has 1 heterocycles. The molecule has 0 fully saturated rings. The average molecular weight is 188 g/mol. The molecule has 1 nitrogen and oxygen atoms in total. The van der Waals surface area contributed by atoms with Gasteiger partial charge in [-0.3, -0.25) is 4.98 Å². The van der Waals surface area contributed by atoms with Crippen LogP contribution in [0, 0.1) is 0 Å². The van der Waals surface area contributed by atoms with E-state index in [0.29, 0.717) is 5.88 Å². The van der Waals surface area contributed by atoms with Crippen molar-refractivity contribution in [3.8, 4) is 0 Å². The predicted octanol–water partition coefficient (Wildman–Crippen LogP) is 3.18. The second kappa shape index (κ2) is 4.52. The summed E-state index contributed by atoms with van der Waals surface area (Å²) in [6.07, 6.45) is 4.97. The molecule has 0 N–H and O–H groups in total. The molecule has 3 heteroatoms. The summed E-state index contributed by atoms with van der Waals surface area (Å²) < 4.78 is 0. The summed E-state index contributed by atoms with van der Waals surface area (Å²) in [6, 6.07) is 0. The Morgan fingerprint density at radius 3 is 3.09 bits per heavy atom. The zero-order valence-corrected chi connectivity index (χ0v) is 7.95. The van der Waals surface area contributed by atoms with E-state index in [1.165, 1.54) is 10.5 Å². The molecule has 0 atom stereocenters. The molecule has 0 aliphatic rings. The van der Waals surface area contributed by atoms with E-state index in [2.05, 4.69) is 18.0 Å². The second-order valence-corrected chi connectivity index (χ2v) is 3.38. The lowest BCUT2D eigenvalue weighted by molar-refractivity contribution is 1.12. The van der Waals surface area contributed by atoms with Crippen LogP contribution < -0.4 is 0 Å². The van der Waals surface area contributed by atoms with Gasteiger partial charge in [-0.15, -0.1) is 22.9 Å². The maximum Gasteiger partial charge on any atom is 0.0797 e. The van der Waals surface area contributed by atoms with Crippen LogP contribution in [0.5, 0.6) is 0 Å². The van der Waals surface area contributed by atoms with Crippen molar-refractivity contribution < 1.29 is 0 Å². The highest BCUT2D eigenvalue weighted by Crippen LogP contribution is 2.13. The summed E-state index contributed by atoms with van der Waals surface area (Å²) in [7, 11) is 0. The molecule has 1 rings (SSSR count). The van der Waals surface area contributed by atoms with Crippen LogP contribution in [0.3, 0.4) is 0 Å². The number of aromatic nitrogens is 1. The Bertz CT molecular complexity index is 222. The molecule has 1 aromatic heterocycles. The quantitative estimate of drug-likeness (QED) is 0.663. The first-order valence-electron chi connectivity index (χ1n) is 3.50. The van der Waals surface area contributed by atoms with Gasteiger partial charge in [0.25, 0.3) is 0 Å². The van der Waals surface area contributed by atoms with Crippen LogP contribution in [0.1, 0.15) is 18.2 Å². The fraction of sp³-hybridized carbons (Fsp3) is 0.375. The Hall–Kier alpha value is -0.340. The number of nitrogens with zero attached hydrogens (tertiary/aromatic N) is 1. The van der Waals surface area contributed by atoms with E-state index in [-0.39, 0.29) is 0 Å². The van der Waals surface area contributed by atoms with Gasteiger partial charge in [0.1, 0.15) is 0 Å². The predicted molar refractivity (Wildman–Crippen MR) is 51.1 cm³/mol. The Balaban J connectivity index is 2.71. The lowest BCUT2D eigenvalue weighted by Gasteiger charge is -1.94. The molecule has 0 saturated heterocycles. The van der Waals surface area contributed by atoms with Crippen LogP contribution in [-0.4, -0.2) is 10.9 Å². The molecule has 0 aliphatic carbocycles. The molecular weight excluding hydrogens is 178 g/mol. The monoisotopic (exact) mass is 187 g/mol. The number of halogens is 1. The largest absolute Gasteiger partial charge is 0.253 e. The summed E-state index contributed by atoms with van der Waals surface area (Å²) >= 11 is 7.34. The van der Waals surface area contributed by atoms with Crippen molar-refractivity contribution in [2.45, 2.75) is 13.3 Å². The third-order valence-electron chi connectivity index (χ3n) is 1.42. The first-order valence-corrected chi connectivity index (χ1v) is 4.92. The maximum atomic E-state index is 5.70. The molecule has 0 aromatic carbocycles. The minimum atomic E-state index is 0.619. The van der Waals surface area contributed by atoms with Gasteiger partial charge in [0, 0.05) is 17.0 Å². The summed E-state index contributed by atoms with van der Waals surface area (Å²) in [6.45, 7) is 2.11. The van der Waals surface area contributed by atoms with E-state index in [4.69, 9.17) is 11.6 Å². The van der Waals surface area contributed by atoms with Gasteiger partial charge in [-0.25, -0.2) is 0 Å². The molecule has 11 heavy (non-hydrogen) atoms. The van der Waals surface area contributed by atoms with Gasteiger partial charge in [-0.05, 0) is 12.5 Å². The summed E-state index contributed by atoms with van der Waals surface area (Å²) in [5.41, 5.74) is 3.09. The lowest BCUT2D eigenvalue weighted by Crippen LogP contribution is -1.79. The summed E-state index contributed by atoms with van der Waals surface area (Å²) in [5, 5.41) is 0. The molecule has 0 unspecified atom stereocenters. The van der Waals surface area contributed by atoms with E-state index >= 15 is 0 Å². The van der Waals surface area contributed by atoms with Gasteiger partial charge in [-0.1, -0.05) is 12.5 Å². The fourth-order valence-electron chi connectivity index (χ4n) is 0.733. The lowest BCUT2D eigenvalue weighted by atomic mass is 10.2. The number of allylic oxidation sites excluding steroid dienone is 1. The van der Waals surface area contributed by atoms with E-state index in [0.717, 1.165) is 6.42 Å². The van der Waals surface area contributed by atoms with Gasteiger partial charge < -0.3 is 0 Å². The molecule has 0 amide bonds. The molecule has 1 aromatic rings. The highest BCUT2D eigenvalue weighted by atomic mass is 35.5. The molecule has 0 spiro atoms. The van der Waals surface area contributed by atoms with Crippen LogP contribution in [0.15, 0.2) is 17.3 Å². The normalized spacial score (nSPS) is 12.0. The van der Waals surface area contributed by atoms with Gasteiger partial charge >= 0.3 is 0 Å². The van der Waals surface area contributed by atoms with E-state index in [1.54, 1.807) is 11.3 Å². The van der Waals surface area contributed by atoms with Crippen molar-refractivity contribution in [1.82, 2.24) is 4.98 Å². The van der Waals surface area contributed by atoms with Crippen LogP contribution in [0.4, 0.5) is 0 Å². The fourth-order valence-corrected chi connectivity index (χ4v) is 1.60. The molecular formula is C8H10ClNS. The van der Waals surface area contributed by atoms with Crippen LogP contribution >= 0.6 is 22.9 Å². The van der Waals surface area contributed by atoms with Crippen LogP contribution in [-0.2, 0) is 0 Å². The Labute approximate surface area is 75.7 Å². The zero-order valence-electron chi connectivity index (χ0n) is 6.38. The number of rotatable bonds is 3. The van der Waals surface area contributed by atoms with Crippen LogP contribution in [0.25, 0.3) is 6.08 Å². The van der Waals surface area contributed by atoms with Crippen molar-refractivity contribution in [1.29, 1.82) is 0 Å². The average Bonchev–Trinajstić information content (AvgIpc) is 2.52. The zero-order chi connectivity index (χ0) is 8.10. The molecule has 0 saturated carbocycles. The van der Waals surface area contributed by atoms with Crippen molar-refractivity contribution in [3.63, 3.8) is 0 Å². The van der Waals surface area contributed by atoms with E-state index < -0.39 is 0 Å². The van der Waals surface area contributed by atoms with Crippen molar-refractivity contribution in [3.05, 3.63) is 22.2 Å². The van der Waals surface area contributed by atoms with Crippen molar-refractivity contribution in [2.75, 3.05) is 5.88 Å². The number of thiazole rings is 1. The molecule has 60 valence electrons. The number of alkyl halides is 1. The minimum absolute atomic E-state index is 0.619. The van der Waals surface area contributed by atoms with Crippen molar-refractivity contribution in [2.24, 2.45) is 0 Å². The summed E-state index contributed by atoms with van der Waals surface area (Å²) in [4.78, 5) is 5.16. The molecule has 0 bridgehead atoms. The highest BCUT2D eigenvalue weighted by Gasteiger charge is 1.93. The van der Waals surface area contributed by atoms with Crippen LogP contribution in [0.2, 0.25) is 0 Å². The molecule has 0 aliphatic heterocycles. The highest BCUT2D eigenvalue weighted by molar-refractivity contribution is 7.10. The van der Waals surface area contributed by atoms with Crippen molar-refractivity contribution >= 4 is 29.0 Å². The maximum absolute atomic E-state index is 5.70. The van der Waals surface area contributed by atoms with E-state index in [1.807, 2.05) is 11.7 Å². The molecule has 0 radical (unpaired) electrons. The topological polar surface area (TPSA) is 12.9 Å². The Morgan fingerprint density at radius 1 is 1.82 bits per heavy atom. The first kappa shape index (κ1) is 8.75. The van der Waals surface area contributed by atoms with Gasteiger partial charge in [0.05, 0.1) is 5.51 Å². The first-order chi connectivity index (χ1) is 5.36. The third-order valence-corrected chi connectivity index (χ3v) is 2.49. The van der Waals surface area contributed by atoms with Gasteiger partial charge in [0.15, 0.2) is 0 Å². The van der Waals surface area contributed by atoms with Gasteiger partial charge in [-0.2, -0.15) is 0 Å². The van der Waals surface area contributed by atoms with E-state index in [9.17, 15) is 0 Å². The standard InChI is InChI=1S/C8H10ClNS/c1-2-7(4-9)3-8-5-10-6-11-8/h3,5-6H,2,4H2,1H3/b7-3+. The summed E-state index contributed by atoms with van der Waals surface area (Å²) in [5.74, 6) is 0.619. The second-order valence-electron chi connectivity index (χ2n) is 2.19. The third kappa shape index (κ3) is 2.64. The minimum Gasteiger partial charge on any atom is -0.253 e.